The standard InChI is InChI=1S/C15H23N3O3/c1-11(2)8-17-15(20)18-14(19)10-21-13-6-4-12(5-7-13)9-16-3/h4-7,11,16H,8-10H2,1-3H3,(H2,17,18,19,20). The lowest BCUT2D eigenvalue weighted by atomic mass is 10.2. The third-order valence-electron chi connectivity index (χ3n) is 2.60. The van der Waals surface area contributed by atoms with E-state index in [1.165, 1.54) is 0 Å². The molecule has 0 spiro atoms. The molecule has 0 aliphatic heterocycles. The van der Waals surface area contributed by atoms with Gasteiger partial charge in [-0.1, -0.05) is 26.0 Å². The molecule has 0 saturated carbocycles. The van der Waals surface area contributed by atoms with Gasteiger partial charge in [-0.3, -0.25) is 10.1 Å². The number of imide groups is 1. The summed E-state index contributed by atoms with van der Waals surface area (Å²) >= 11 is 0. The van der Waals surface area contributed by atoms with E-state index in [-0.39, 0.29) is 6.61 Å². The number of rotatable bonds is 7. The van der Waals surface area contributed by atoms with Gasteiger partial charge in [0.2, 0.25) is 0 Å². The van der Waals surface area contributed by atoms with Crippen molar-refractivity contribution in [1.29, 1.82) is 0 Å². The van der Waals surface area contributed by atoms with Crippen LogP contribution in [0.1, 0.15) is 19.4 Å². The van der Waals surface area contributed by atoms with Crippen molar-refractivity contribution < 1.29 is 14.3 Å². The van der Waals surface area contributed by atoms with Crippen LogP contribution in [0.3, 0.4) is 0 Å². The van der Waals surface area contributed by atoms with E-state index in [0.717, 1.165) is 12.1 Å². The van der Waals surface area contributed by atoms with Gasteiger partial charge in [0.1, 0.15) is 5.75 Å². The molecule has 0 aliphatic carbocycles. The SMILES string of the molecule is CNCc1ccc(OCC(=O)NC(=O)NCC(C)C)cc1. The summed E-state index contributed by atoms with van der Waals surface area (Å²) in [5.41, 5.74) is 1.13. The summed E-state index contributed by atoms with van der Waals surface area (Å²) in [5.74, 6) is 0.446. The molecule has 3 amide bonds. The first-order chi connectivity index (χ1) is 10.0. The highest BCUT2D eigenvalue weighted by Gasteiger charge is 2.08. The van der Waals surface area contributed by atoms with Crippen molar-refractivity contribution in [3.63, 3.8) is 0 Å². The molecule has 1 aromatic carbocycles. The third-order valence-corrected chi connectivity index (χ3v) is 2.60. The van der Waals surface area contributed by atoms with Gasteiger partial charge >= 0.3 is 6.03 Å². The van der Waals surface area contributed by atoms with Crippen LogP contribution in [0.2, 0.25) is 0 Å². The smallest absolute Gasteiger partial charge is 0.321 e. The highest BCUT2D eigenvalue weighted by Crippen LogP contribution is 2.11. The van der Waals surface area contributed by atoms with Crippen LogP contribution < -0.4 is 20.7 Å². The zero-order chi connectivity index (χ0) is 15.7. The first kappa shape index (κ1) is 17.0. The molecule has 1 aromatic rings. The Kier molecular flexibility index (Phi) is 7.25. The molecule has 0 bridgehead atoms. The number of amides is 3. The summed E-state index contributed by atoms with van der Waals surface area (Å²) in [4.78, 5) is 22.9. The lowest BCUT2D eigenvalue weighted by Gasteiger charge is -2.09. The Morgan fingerprint density at radius 1 is 1.19 bits per heavy atom. The van der Waals surface area contributed by atoms with Crippen LogP contribution in [-0.2, 0) is 11.3 Å². The fourth-order valence-corrected chi connectivity index (χ4v) is 1.56. The van der Waals surface area contributed by atoms with Gasteiger partial charge in [0.25, 0.3) is 5.91 Å². The van der Waals surface area contributed by atoms with Crippen LogP contribution in [-0.4, -0.2) is 32.1 Å². The minimum Gasteiger partial charge on any atom is -0.484 e. The summed E-state index contributed by atoms with van der Waals surface area (Å²) in [6.45, 7) is 5.05. The van der Waals surface area contributed by atoms with Crippen molar-refractivity contribution in [1.82, 2.24) is 16.0 Å². The molecule has 116 valence electrons. The molecule has 6 heteroatoms. The molecule has 0 fully saturated rings. The zero-order valence-electron chi connectivity index (χ0n) is 12.7. The fraction of sp³-hybridized carbons (Fsp3) is 0.467. The van der Waals surface area contributed by atoms with E-state index in [4.69, 9.17) is 4.74 Å². The maximum atomic E-state index is 11.5. The predicted molar refractivity (Wildman–Crippen MR) is 81.1 cm³/mol. The van der Waals surface area contributed by atoms with Gasteiger partial charge in [-0.05, 0) is 30.7 Å². The summed E-state index contributed by atoms with van der Waals surface area (Å²) < 4.78 is 5.31. The van der Waals surface area contributed by atoms with Gasteiger partial charge in [0.05, 0.1) is 0 Å². The summed E-state index contributed by atoms with van der Waals surface area (Å²) in [6.07, 6.45) is 0. The van der Waals surface area contributed by atoms with Gasteiger partial charge in [-0.2, -0.15) is 0 Å². The lowest BCUT2D eigenvalue weighted by molar-refractivity contribution is -0.122. The highest BCUT2D eigenvalue weighted by atomic mass is 16.5. The van der Waals surface area contributed by atoms with Crippen molar-refractivity contribution in [2.45, 2.75) is 20.4 Å². The third kappa shape index (κ3) is 7.31. The molecule has 0 aliphatic rings. The first-order valence-electron chi connectivity index (χ1n) is 6.95. The Hall–Kier alpha value is -2.08. The van der Waals surface area contributed by atoms with Crippen molar-refractivity contribution >= 4 is 11.9 Å². The topological polar surface area (TPSA) is 79.5 Å². The molecule has 1 rings (SSSR count). The molecular formula is C15H23N3O3. The second-order valence-corrected chi connectivity index (χ2v) is 5.12. The second-order valence-electron chi connectivity index (χ2n) is 5.12. The van der Waals surface area contributed by atoms with Crippen molar-refractivity contribution in [3.05, 3.63) is 29.8 Å². The van der Waals surface area contributed by atoms with Gasteiger partial charge in [-0.15, -0.1) is 0 Å². The number of carbonyl (C=O) groups is 2. The van der Waals surface area contributed by atoms with Crippen LogP contribution in [0.25, 0.3) is 0 Å². The Bertz CT molecular complexity index is 458. The van der Waals surface area contributed by atoms with Crippen LogP contribution in [0, 0.1) is 5.92 Å². The van der Waals surface area contributed by atoms with E-state index >= 15 is 0 Å². The average Bonchev–Trinajstić information content (AvgIpc) is 2.45. The molecule has 0 saturated heterocycles. The average molecular weight is 293 g/mol. The minimum absolute atomic E-state index is 0.194. The van der Waals surface area contributed by atoms with E-state index < -0.39 is 11.9 Å². The molecule has 0 radical (unpaired) electrons. The molecule has 0 atom stereocenters. The van der Waals surface area contributed by atoms with Gasteiger partial charge < -0.3 is 15.4 Å². The first-order valence-corrected chi connectivity index (χ1v) is 6.95. The maximum Gasteiger partial charge on any atom is 0.321 e. The van der Waals surface area contributed by atoms with Crippen LogP contribution in [0.5, 0.6) is 5.75 Å². The van der Waals surface area contributed by atoms with E-state index in [9.17, 15) is 9.59 Å². The number of carbonyl (C=O) groups excluding carboxylic acids is 2. The summed E-state index contributed by atoms with van der Waals surface area (Å²) in [5, 5.41) is 7.86. The Labute approximate surface area is 125 Å². The van der Waals surface area contributed by atoms with E-state index in [0.29, 0.717) is 18.2 Å². The highest BCUT2D eigenvalue weighted by molar-refractivity contribution is 5.94. The van der Waals surface area contributed by atoms with Crippen LogP contribution >= 0.6 is 0 Å². The van der Waals surface area contributed by atoms with Crippen LogP contribution in [0.15, 0.2) is 24.3 Å². The zero-order valence-corrected chi connectivity index (χ0v) is 12.7. The molecule has 0 heterocycles. The number of hydrogen-bond acceptors (Lipinski definition) is 4. The van der Waals surface area contributed by atoms with Crippen molar-refractivity contribution in [3.8, 4) is 5.75 Å². The molecule has 6 nitrogen and oxygen atoms in total. The van der Waals surface area contributed by atoms with E-state index in [1.807, 2.05) is 33.0 Å². The largest absolute Gasteiger partial charge is 0.484 e. The number of hydrogen-bond donors (Lipinski definition) is 3. The number of urea groups is 1. The molecule has 21 heavy (non-hydrogen) atoms. The summed E-state index contributed by atoms with van der Waals surface area (Å²) in [7, 11) is 1.87. The number of benzene rings is 1. The van der Waals surface area contributed by atoms with E-state index in [1.54, 1.807) is 12.1 Å². The Morgan fingerprint density at radius 3 is 2.43 bits per heavy atom. The normalized spacial score (nSPS) is 10.3. The Morgan fingerprint density at radius 2 is 1.86 bits per heavy atom. The van der Waals surface area contributed by atoms with E-state index in [2.05, 4.69) is 16.0 Å². The molecule has 3 N–H and O–H groups in total. The maximum absolute atomic E-state index is 11.5. The van der Waals surface area contributed by atoms with Gasteiger partial charge in [0, 0.05) is 13.1 Å². The van der Waals surface area contributed by atoms with Gasteiger partial charge in [0.15, 0.2) is 6.61 Å². The summed E-state index contributed by atoms with van der Waals surface area (Å²) in [6, 6.07) is 6.91. The van der Waals surface area contributed by atoms with Crippen molar-refractivity contribution in [2.75, 3.05) is 20.2 Å². The van der Waals surface area contributed by atoms with Crippen LogP contribution in [0.4, 0.5) is 4.79 Å². The molecule has 0 unspecified atom stereocenters. The monoisotopic (exact) mass is 293 g/mol. The number of nitrogens with one attached hydrogen (secondary N) is 3. The quantitative estimate of drug-likeness (QED) is 0.707. The van der Waals surface area contributed by atoms with Gasteiger partial charge in [-0.25, -0.2) is 4.79 Å². The number of ether oxygens (including phenoxy) is 1. The molecular weight excluding hydrogens is 270 g/mol. The Balaban J connectivity index is 2.30. The minimum atomic E-state index is -0.498. The fourth-order valence-electron chi connectivity index (χ4n) is 1.56. The predicted octanol–water partition coefficient (Wildman–Crippen LogP) is 1.27. The van der Waals surface area contributed by atoms with Crippen molar-refractivity contribution in [2.24, 2.45) is 5.92 Å². The second kappa shape index (κ2) is 8.97. The molecule has 0 aromatic heterocycles. The lowest BCUT2D eigenvalue weighted by Crippen LogP contribution is -2.42.